The predicted octanol–water partition coefficient (Wildman–Crippen LogP) is 0.557. The van der Waals surface area contributed by atoms with Gasteiger partial charge in [0.1, 0.15) is 0 Å². The summed E-state index contributed by atoms with van der Waals surface area (Å²) in [4.78, 5) is 16.4. The molecule has 116 valence electrons. The molecule has 1 saturated heterocycles. The summed E-state index contributed by atoms with van der Waals surface area (Å²) >= 11 is 0. The number of nitrogens with two attached hydrogens (primary N) is 1. The van der Waals surface area contributed by atoms with Gasteiger partial charge in [0, 0.05) is 38.6 Å². The van der Waals surface area contributed by atoms with E-state index in [0.29, 0.717) is 24.3 Å². The first-order valence-corrected chi connectivity index (χ1v) is 7.04. The van der Waals surface area contributed by atoms with Crippen molar-refractivity contribution < 1.29 is 14.6 Å². The highest BCUT2D eigenvalue weighted by Crippen LogP contribution is 2.24. The van der Waals surface area contributed by atoms with Crippen LogP contribution in [-0.4, -0.2) is 61.9 Å². The minimum atomic E-state index is -0.332. The number of aliphatic hydroxyl groups is 1. The number of ether oxygens (including phenoxy) is 1. The van der Waals surface area contributed by atoms with Gasteiger partial charge in [0.05, 0.1) is 24.4 Å². The molecular formula is C15H23N3O3. The normalized spacial score (nSPS) is 22.2. The molecule has 3 N–H and O–H groups in total. The fourth-order valence-corrected chi connectivity index (χ4v) is 2.60. The van der Waals surface area contributed by atoms with Gasteiger partial charge in [0.2, 0.25) is 0 Å². The minimum absolute atomic E-state index is 0.0837. The van der Waals surface area contributed by atoms with Crippen molar-refractivity contribution in [3.8, 4) is 0 Å². The first-order valence-electron chi connectivity index (χ1n) is 7.04. The number of carbonyl (C=O) groups is 1. The third-order valence-electron chi connectivity index (χ3n) is 3.55. The van der Waals surface area contributed by atoms with Crippen LogP contribution in [0.4, 0.5) is 11.4 Å². The summed E-state index contributed by atoms with van der Waals surface area (Å²) in [5.41, 5.74) is 7.78. The Hall–Kier alpha value is -1.79. The van der Waals surface area contributed by atoms with Crippen LogP contribution in [0.3, 0.4) is 0 Å². The van der Waals surface area contributed by atoms with Crippen molar-refractivity contribution >= 4 is 17.3 Å². The Morgan fingerprint density at radius 1 is 1.48 bits per heavy atom. The van der Waals surface area contributed by atoms with Crippen molar-refractivity contribution in [2.24, 2.45) is 0 Å². The number of anilines is 2. The summed E-state index contributed by atoms with van der Waals surface area (Å²) in [6.07, 6.45) is -0.426. The summed E-state index contributed by atoms with van der Waals surface area (Å²) < 4.78 is 5.57. The highest BCUT2D eigenvalue weighted by molar-refractivity contribution is 6.00. The molecule has 2 atom stereocenters. The van der Waals surface area contributed by atoms with E-state index < -0.39 is 0 Å². The summed E-state index contributed by atoms with van der Waals surface area (Å²) in [5.74, 6) is -0.0837. The third-order valence-corrected chi connectivity index (χ3v) is 3.55. The largest absolute Gasteiger partial charge is 0.399 e. The number of hydrogen-bond acceptors (Lipinski definition) is 5. The second-order valence-corrected chi connectivity index (χ2v) is 5.63. The lowest BCUT2D eigenvalue weighted by Gasteiger charge is -2.36. The molecule has 1 heterocycles. The van der Waals surface area contributed by atoms with Gasteiger partial charge in [-0.25, -0.2) is 0 Å². The Morgan fingerprint density at radius 3 is 2.81 bits per heavy atom. The molecule has 1 aromatic rings. The second kappa shape index (κ2) is 6.32. The van der Waals surface area contributed by atoms with E-state index in [2.05, 4.69) is 0 Å². The minimum Gasteiger partial charge on any atom is -0.399 e. The van der Waals surface area contributed by atoms with Gasteiger partial charge < -0.3 is 25.4 Å². The molecule has 1 aliphatic heterocycles. The van der Waals surface area contributed by atoms with Crippen molar-refractivity contribution in [2.45, 2.75) is 19.1 Å². The number of hydrogen-bond donors (Lipinski definition) is 2. The average molecular weight is 293 g/mol. The monoisotopic (exact) mass is 293 g/mol. The van der Waals surface area contributed by atoms with Crippen LogP contribution in [-0.2, 0) is 4.74 Å². The maximum Gasteiger partial charge on any atom is 0.256 e. The van der Waals surface area contributed by atoms with Gasteiger partial charge in [-0.3, -0.25) is 4.79 Å². The van der Waals surface area contributed by atoms with Gasteiger partial charge in [0.25, 0.3) is 5.91 Å². The summed E-state index contributed by atoms with van der Waals surface area (Å²) in [6.45, 7) is 2.71. The lowest BCUT2D eigenvalue weighted by Crippen LogP contribution is -2.50. The van der Waals surface area contributed by atoms with Crippen LogP contribution in [0.15, 0.2) is 18.2 Å². The number of benzene rings is 1. The van der Waals surface area contributed by atoms with E-state index in [1.807, 2.05) is 32.0 Å². The molecule has 1 amide bonds. The molecule has 0 radical (unpaired) electrons. The fourth-order valence-electron chi connectivity index (χ4n) is 2.60. The molecule has 0 aromatic heterocycles. The molecule has 1 aromatic carbocycles. The molecule has 6 nitrogen and oxygen atoms in total. The molecule has 0 spiro atoms. The van der Waals surface area contributed by atoms with Gasteiger partial charge in [-0.15, -0.1) is 0 Å². The first-order chi connectivity index (χ1) is 9.92. The molecule has 6 heteroatoms. The topological polar surface area (TPSA) is 79.0 Å². The van der Waals surface area contributed by atoms with Crippen LogP contribution in [0.1, 0.15) is 17.3 Å². The van der Waals surface area contributed by atoms with Gasteiger partial charge in [-0.05, 0) is 25.1 Å². The number of aliphatic hydroxyl groups excluding tert-OH is 1. The van der Waals surface area contributed by atoms with E-state index in [4.69, 9.17) is 10.5 Å². The van der Waals surface area contributed by atoms with Crippen LogP contribution >= 0.6 is 0 Å². The molecule has 0 aliphatic carbocycles. The molecule has 0 bridgehead atoms. The molecule has 2 unspecified atom stereocenters. The Morgan fingerprint density at radius 2 is 2.19 bits per heavy atom. The van der Waals surface area contributed by atoms with E-state index in [-0.39, 0.29) is 24.7 Å². The fraction of sp³-hybridized carbons (Fsp3) is 0.533. The van der Waals surface area contributed by atoms with Crippen LogP contribution in [0.5, 0.6) is 0 Å². The van der Waals surface area contributed by atoms with Crippen molar-refractivity contribution in [2.75, 3.05) is 44.4 Å². The van der Waals surface area contributed by atoms with Crippen molar-refractivity contribution in [3.05, 3.63) is 23.8 Å². The molecule has 0 saturated carbocycles. The summed E-state index contributed by atoms with van der Waals surface area (Å²) in [6, 6.07) is 5.33. The average Bonchev–Trinajstić information content (AvgIpc) is 2.45. The highest BCUT2D eigenvalue weighted by atomic mass is 16.5. The van der Waals surface area contributed by atoms with Crippen molar-refractivity contribution in [3.63, 3.8) is 0 Å². The molecule has 2 rings (SSSR count). The van der Waals surface area contributed by atoms with Crippen LogP contribution in [0.2, 0.25) is 0 Å². The number of nitrogen functional groups attached to an aromatic ring is 1. The zero-order valence-corrected chi connectivity index (χ0v) is 12.7. The van der Waals surface area contributed by atoms with Gasteiger partial charge in [-0.2, -0.15) is 0 Å². The van der Waals surface area contributed by atoms with Crippen LogP contribution < -0.4 is 10.6 Å². The Labute approximate surface area is 125 Å². The lowest BCUT2D eigenvalue weighted by molar-refractivity contribution is -0.0858. The van der Waals surface area contributed by atoms with E-state index in [0.717, 1.165) is 5.69 Å². The molecule has 1 aliphatic rings. The van der Waals surface area contributed by atoms with Gasteiger partial charge in [0.15, 0.2) is 0 Å². The number of carbonyl (C=O) groups excluding carboxylic acids is 1. The van der Waals surface area contributed by atoms with Crippen LogP contribution in [0.25, 0.3) is 0 Å². The van der Waals surface area contributed by atoms with E-state index in [1.54, 1.807) is 17.0 Å². The highest BCUT2D eigenvalue weighted by Gasteiger charge is 2.29. The number of amides is 1. The van der Waals surface area contributed by atoms with E-state index in [9.17, 15) is 9.90 Å². The Kier molecular flexibility index (Phi) is 4.69. The number of rotatable bonds is 3. The quantitative estimate of drug-likeness (QED) is 0.796. The molecule has 21 heavy (non-hydrogen) atoms. The lowest BCUT2D eigenvalue weighted by atomic mass is 10.1. The summed E-state index contributed by atoms with van der Waals surface area (Å²) in [7, 11) is 3.78. The zero-order valence-electron chi connectivity index (χ0n) is 12.7. The smallest absolute Gasteiger partial charge is 0.256 e. The SMILES string of the molecule is CC1CN(C(=O)c2cc(N)ccc2N(C)C)CC(CO)O1. The van der Waals surface area contributed by atoms with E-state index >= 15 is 0 Å². The van der Waals surface area contributed by atoms with Crippen LogP contribution in [0, 0.1) is 0 Å². The van der Waals surface area contributed by atoms with E-state index in [1.165, 1.54) is 0 Å². The second-order valence-electron chi connectivity index (χ2n) is 5.63. The molecule has 1 fully saturated rings. The van der Waals surface area contributed by atoms with Gasteiger partial charge in [-0.1, -0.05) is 0 Å². The number of morpholine rings is 1. The number of nitrogens with zero attached hydrogens (tertiary/aromatic N) is 2. The predicted molar refractivity (Wildman–Crippen MR) is 82.5 cm³/mol. The maximum absolute atomic E-state index is 12.8. The third kappa shape index (κ3) is 3.46. The maximum atomic E-state index is 12.8. The zero-order chi connectivity index (χ0) is 15.6. The Bertz CT molecular complexity index is 519. The van der Waals surface area contributed by atoms with Gasteiger partial charge >= 0.3 is 0 Å². The standard InChI is InChI=1S/C15H23N3O3/c1-10-7-18(8-12(9-19)21-10)15(20)13-6-11(16)4-5-14(13)17(2)3/h4-6,10,12,19H,7-9,16H2,1-3H3. The van der Waals surface area contributed by atoms with Crippen molar-refractivity contribution in [1.82, 2.24) is 4.90 Å². The Balaban J connectivity index is 2.29. The van der Waals surface area contributed by atoms with Crippen molar-refractivity contribution in [1.29, 1.82) is 0 Å². The summed E-state index contributed by atoms with van der Waals surface area (Å²) in [5, 5.41) is 9.27. The first kappa shape index (κ1) is 15.6. The molecular weight excluding hydrogens is 270 g/mol.